The van der Waals surface area contributed by atoms with E-state index in [0.29, 0.717) is 39.4 Å². The van der Waals surface area contributed by atoms with Crippen LogP contribution in [0.2, 0.25) is 5.02 Å². The Bertz CT molecular complexity index is 909. The predicted octanol–water partition coefficient (Wildman–Crippen LogP) is 4.94. The molecule has 0 atom stereocenters. The summed E-state index contributed by atoms with van der Waals surface area (Å²) in [6.07, 6.45) is 0. The minimum absolute atomic E-state index is 0.203. The molecule has 0 aliphatic rings. The van der Waals surface area contributed by atoms with E-state index in [4.69, 9.17) is 21.1 Å². The third-order valence-corrected chi connectivity index (χ3v) is 4.93. The van der Waals surface area contributed by atoms with E-state index in [1.54, 1.807) is 43.5 Å². The van der Waals surface area contributed by atoms with Gasteiger partial charge in [0.25, 0.3) is 5.91 Å². The summed E-state index contributed by atoms with van der Waals surface area (Å²) in [5.41, 5.74) is 1.34. The van der Waals surface area contributed by atoms with Crippen LogP contribution in [-0.4, -0.2) is 18.0 Å². The van der Waals surface area contributed by atoms with Gasteiger partial charge in [-0.2, -0.15) is 0 Å². The van der Waals surface area contributed by atoms with E-state index in [9.17, 15) is 4.79 Å². The van der Waals surface area contributed by atoms with Gasteiger partial charge in [-0.05, 0) is 43.3 Å². The minimum atomic E-state index is -0.203. The first-order valence-electron chi connectivity index (χ1n) is 7.85. The zero-order valence-electron chi connectivity index (χ0n) is 14.3. The summed E-state index contributed by atoms with van der Waals surface area (Å²) in [5, 5.41) is 4.24. The van der Waals surface area contributed by atoms with Crippen molar-refractivity contribution in [2.24, 2.45) is 0 Å². The summed E-state index contributed by atoms with van der Waals surface area (Å²) in [6.45, 7) is 2.10. The number of hydrogen-bond donors (Lipinski definition) is 1. The van der Waals surface area contributed by atoms with Crippen LogP contribution in [0.4, 0.5) is 5.69 Å². The van der Waals surface area contributed by atoms with Crippen LogP contribution in [0.3, 0.4) is 0 Å². The molecular formula is C19H17ClN2O3S. The van der Waals surface area contributed by atoms with Gasteiger partial charge in [-0.1, -0.05) is 17.7 Å². The largest absolute Gasteiger partial charge is 0.497 e. The van der Waals surface area contributed by atoms with Crippen LogP contribution in [0.25, 0.3) is 0 Å². The Morgan fingerprint density at radius 2 is 1.96 bits per heavy atom. The number of carbonyl (C=O) groups is 1. The first-order chi connectivity index (χ1) is 12.5. The Kier molecular flexibility index (Phi) is 5.75. The Hall–Kier alpha value is -2.57. The van der Waals surface area contributed by atoms with Gasteiger partial charge in [0.15, 0.2) is 0 Å². The highest BCUT2D eigenvalue weighted by Crippen LogP contribution is 2.23. The normalized spacial score (nSPS) is 10.4. The second-order valence-electron chi connectivity index (χ2n) is 5.45. The molecule has 0 aliphatic heterocycles. The van der Waals surface area contributed by atoms with Crippen LogP contribution in [0.15, 0.2) is 48.5 Å². The lowest BCUT2D eigenvalue weighted by molar-refractivity contribution is 0.103. The monoisotopic (exact) mass is 388 g/mol. The van der Waals surface area contributed by atoms with Gasteiger partial charge in [0.1, 0.15) is 28.0 Å². The summed E-state index contributed by atoms with van der Waals surface area (Å²) >= 11 is 7.17. The summed E-state index contributed by atoms with van der Waals surface area (Å²) in [4.78, 5) is 17.5. The van der Waals surface area contributed by atoms with Crippen LogP contribution in [-0.2, 0) is 6.61 Å². The quantitative estimate of drug-likeness (QED) is 0.649. The molecule has 0 saturated carbocycles. The number of ether oxygens (including phenoxy) is 2. The smallest absolute Gasteiger partial charge is 0.267 e. The summed E-state index contributed by atoms with van der Waals surface area (Å²) in [7, 11) is 1.58. The fraction of sp³-hybridized carbons (Fsp3) is 0.158. The maximum absolute atomic E-state index is 12.5. The Morgan fingerprint density at radius 3 is 2.69 bits per heavy atom. The van der Waals surface area contributed by atoms with Crippen LogP contribution < -0.4 is 14.8 Å². The molecule has 0 spiro atoms. The molecule has 7 heteroatoms. The number of hydrogen-bond acceptors (Lipinski definition) is 5. The first-order valence-corrected chi connectivity index (χ1v) is 9.04. The SMILES string of the molecule is COc1cccc(NC(=O)c2sc(COc3ccc(Cl)cc3)nc2C)c1. The lowest BCUT2D eigenvalue weighted by atomic mass is 10.3. The predicted molar refractivity (Wildman–Crippen MR) is 104 cm³/mol. The molecule has 0 aliphatic carbocycles. The number of anilines is 1. The number of benzene rings is 2. The van der Waals surface area contributed by atoms with E-state index in [-0.39, 0.29) is 5.91 Å². The summed E-state index contributed by atoms with van der Waals surface area (Å²) in [5.74, 6) is 1.18. The molecule has 1 N–H and O–H groups in total. The Labute approximate surface area is 160 Å². The molecule has 0 unspecified atom stereocenters. The topological polar surface area (TPSA) is 60.5 Å². The average Bonchev–Trinajstić information content (AvgIpc) is 3.02. The number of halogens is 1. The summed E-state index contributed by atoms with van der Waals surface area (Å²) < 4.78 is 10.9. The van der Waals surface area contributed by atoms with Crippen molar-refractivity contribution in [1.82, 2.24) is 4.98 Å². The molecule has 1 aromatic heterocycles. The van der Waals surface area contributed by atoms with Crippen molar-refractivity contribution >= 4 is 34.5 Å². The van der Waals surface area contributed by atoms with E-state index in [0.717, 1.165) is 5.01 Å². The lowest BCUT2D eigenvalue weighted by Gasteiger charge is -2.06. The van der Waals surface area contributed by atoms with Crippen molar-refractivity contribution in [3.63, 3.8) is 0 Å². The molecule has 2 aromatic carbocycles. The van der Waals surface area contributed by atoms with Gasteiger partial charge in [-0.3, -0.25) is 4.79 Å². The van der Waals surface area contributed by atoms with E-state index in [1.165, 1.54) is 11.3 Å². The zero-order valence-corrected chi connectivity index (χ0v) is 15.9. The zero-order chi connectivity index (χ0) is 18.5. The van der Waals surface area contributed by atoms with Gasteiger partial charge in [0.2, 0.25) is 0 Å². The molecule has 26 heavy (non-hydrogen) atoms. The number of nitrogens with zero attached hydrogens (tertiary/aromatic N) is 1. The standard InChI is InChI=1S/C19H17ClN2O3S/c1-12-18(19(23)22-14-4-3-5-16(10-14)24-2)26-17(21-12)11-25-15-8-6-13(20)7-9-15/h3-10H,11H2,1-2H3,(H,22,23). The molecule has 0 bridgehead atoms. The number of aromatic nitrogens is 1. The summed E-state index contributed by atoms with van der Waals surface area (Å²) in [6, 6.07) is 14.3. The lowest BCUT2D eigenvalue weighted by Crippen LogP contribution is -2.11. The highest BCUT2D eigenvalue weighted by atomic mass is 35.5. The molecule has 3 rings (SSSR count). The van der Waals surface area contributed by atoms with Gasteiger partial charge < -0.3 is 14.8 Å². The number of aryl methyl sites for hydroxylation is 1. The molecule has 0 fully saturated rings. The fourth-order valence-electron chi connectivity index (χ4n) is 2.29. The highest BCUT2D eigenvalue weighted by molar-refractivity contribution is 7.13. The molecule has 3 aromatic rings. The van der Waals surface area contributed by atoms with Gasteiger partial charge in [0, 0.05) is 16.8 Å². The van der Waals surface area contributed by atoms with Gasteiger partial charge >= 0.3 is 0 Å². The third-order valence-electron chi connectivity index (χ3n) is 3.55. The Balaban J connectivity index is 1.66. The molecule has 0 saturated heterocycles. The molecule has 1 amide bonds. The van der Waals surface area contributed by atoms with Crippen molar-refractivity contribution in [1.29, 1.82) is 0 Å². The number of methoxy groups -OCH3 is 1. The van der Waals surface area contributed by atoms with E-state index < -0.39 is 0 Å². The molecule has 134 valence electrons. The van der Waals surface area contributed by atoms with Crippen molar-refractivity contribution < 1.29 is 14.3 Å². The van der Waals surface area contributed by atoms with Crippen molar-refractivity contribution in [2.75, 3.05) is 12.4 Å². The van der Waals surface area contributed by atoms with Gasteiger partial charge in [-0.15, -0.1) is 11.3 Å². The van der Waals surface area contributed by atoms with Crippen LogP contribution in [0.5, 0.6) is 11.5 Å². The number of rotatable bonds is 6. The first kappa shape index (κ1) is 18.2. The van der Waals surface area contributed by atoms with Crippen LogP contribution in [0.1, 0.15) is 20.4 Å². The second kappa shape index (κ2) is 8.21. The van der Waals surface area contributed by atoms with Crippen molar-refractivity contribution in [3.05, 3.63) is 69.1 Å². The van der Waals surface area contributed by atoms with Gasteiger partial charge in [-0.25, -0.2) is 4.98 Å². The number of nitrogens with one attached hydrogen (secondary N) is 1. The minimum Gasteiger partial charge on any atom is -0.497 e. The fourth-order valence-corrected chi connectivity index (χ4v) is 3.29. The second-order valence-corrected chi connectivity index (χ2v) is 6.97. The molecule has 5 nitrogen and oxygen atoms in total. The maximum atomic E-state index is 12.5. The maximum Gasteiger partial charge on any atom is 0.267 e. The number of carbonyl (C=O) groups excluding carboxylic acids is 1. The number of thiazole rings is 1. The molecule has 1 heterocycles. The van der Waals surface area contributed by atoms with Crippen LogP contribution >= 0.6 is 22.9 Å². The van der Waals surface area contributed by atoms with E-state index in [1.807, 2.05) is 19.1 Å². The van der Waals surface area contributed by atoms with E-state index >= 15 is 0 Å². The van der Waals surface area contributed by atoms with E-state index in [2.05, 4.69) is 10.3 Å². The van der Waals surface area contributed by atoms with Crippen molar-refractivity contribution in [2.45, 2.75) is 13.5 Å². The molecule has 0 radical (unpaired) electrons. The van der Waals surface area contributed by atoms with Crippen molar-refractivity contribution in [3.8, 4) is 11.5 Å². The average molecular weight is 389 g/mol. The Morgan fingerprint density at radius 1 is 1.19 bits per heavy atom. The van der Waals surface area contributed by atoms with Gasteiger partial charge in [0.05, 0.1) is 12.8 Å². The highest BCUT2D eigenvalue weighted by Gasteiger charge is 2.16. The third kappa shape index (κ3) is 4.53. The van der Waals surface area contributed by atoms with Crippen LogP contribution in [0, 0.1) is 6.92 Å². The number of amides is 1. The molecular weight excluding hydrogens is 372 g/mol.